The van der Waals surface area contributed by atoms with E-state index in [1.165, 1.54) is 4.90 Å². The summed E-state index contributed by atoms with van der Waals surface area (Å²) in [5.41, 5.74) is 1.13. The van der Waals surface area contributed by atoms with E-state index in [9.17, 15) is 9.59 Å². The van der Waals surface area contributed by atoms with E-state index in [2.05, 4.69) is 12.6 Å². The highest BCUT2D eigenvalue weighted by atomic mass is 35.5. The number of halogens is 1. The molecule has 1 aromatic rings. The molecule has 1 atom stereocenters. The molecule has 0 aromatic heterocycles. The molecule has 4 nitrogen and oxygen atoms in total. The summed E-state index contributed by atoms with van der Waals surface area (Å²) in [6.07, 6.45) is 0.503. The summed E-state index contributed by atoms with van der Waals surface area (Å²) >= 11 is 10.3. The molecule has 2 amide bonds. The standard InChI is InChI=1S/C14H17ClN2O2S/c1-16(2)14(19)11-6-10(3-4-12(11)15)17-7-9(8-20)5-13(17)18/h3-4,6,9,20H,5,7-8H2,1-2H3. The fourth-order valence-electron chi connectivity index (χ4n) is 2.24. The molecule has 20 heavy (non-hydrogen) atoms. The Kier molecular flexibility index (Phi) is 4.60. The van der Waals surface area contributed by atoms with Gasteiger partial charge in [-0.05, 0) is 29.9 Å². The minimum atomic E-state index is -0.172. The van der Waals surface area contributed by atoms with Gasteiger partial charge in [0.25, 0.3) is 5.91 Å². The van der Waals surface area contributed by atoms with Crippen LogP contribution in [0.15, 0.2) is 18.2 Å². The third kappa shape index (κ3) is 2.94. The molecule has 0 aliphatic carbocycles. The Hall–Kier alpha value is -1.20. The number of hydrogen-bond donors (Lipinski definition) is 1. The summed E-state index contributed by atoms with van der Waals surface area (Å²) in [4.78, 5) is 27.2. The maximum Gasteiger partial charge on any atom is 0.254 e. The third-order valence-electron chi connectivity index (χ3n) is 3.36. The number of benzene rings is 1. The molecule has 0 bridgehead atoms. The molecule has 1 fully saturated rings. The average molecular weight is 313 g/mol. The Morgan fingerprint density at radius 1 is 1.50 bits per heavy atom. The molecule has 0 N–H and O–H groups in total. The fraction of sp³-hybridized carbons (Fsp3) is 0.429. The monoisotopic (exact) mass is 312 g/mol. The molecule has 6 heteroatoms. The van der Waals surface area contributed by atoms with Crippen molar-refractivity contribution in [2.24, 2.45) is 5.92 Å². The van der Waals surface area contributed by atoms with Gasteiger partial charge in [-0.1, -0.05) is 11.6 Å². The Morgan fingerprint density at radius 2 is 2.20 bits per heavy atom. The molecule has 1 aliphatic heterocycles. The Balaban J connectivity index is 2.32. The van der Waals surface area contributed by atoms with Crippen molar-refractivity contribution in [1.82, 2.24) is 4.90 Å². The first kappa shape index (κ1) is 15.2. The van der Waals surface area contributed by atoms with Crippen molar-refractivity contribution in [3.8, 4) is 0 Å². The lowest BCUT2D eigenvalue weighted by Gasteiger charge is -2.19. The van der Waals surface area contributed by atoms with E-state index in [1.807, 2.05) is 0 Å². The van der Waals surface area contributed by atoms with Crippen LogP contribution in [0.2, 0.25) is 5.02 Å². The van der Waals surface area contributed by atoms with Crippen LogP contribution in [-0.2, 0) is 4.79 Å². The van der Waals surface area contributed by atoms with Crippen molar-refractivity contribution in [2.45, 2.75) is 6.42 Å². The van der Waals surface area contributed by atoms with Crippen LogP contribution in [0.3, 0.4) is 0 Å². The lowest BCUT2D eigenvalue weighted by atomic mass is 10.1. The van der Waals surface area contributed by atoms with Crippen LogP contribution in [0.1, 0.15) is 16.8 Å². The summed E-state index contributed by atoms with van der Waals surface area (Å²) in [6, 6.07) is 5.12. The molecule has 0 spiro atoms. The van der Waals surface area contributed by atoms with E-state index in [0.717, 1.165) is 0 Å². The van der Waals surface area contributed by atoms with E-state index in [1.54, 1.807) is 37.2 Å². The van der Waals surface area contributed by atoms with Crippen molar-refractivity contribution in [2.75, 3.05) is 31.3 Å². The summed E-state index contributed by atoms with van der Waals surface area (Å²) < 4.78 is 0. The van der Waals surface area contributed by atoms with Crippen LogP contribution in [0.4, 0.5) is 5.69 Å². The normalized spacial score (nSPS) is 18.5. The van der Waals surface area contributed by atoms with Crippen LogP contribution < -0.4 is 4.90 Å². The van der Waals surface area contributed by atoms with Gasteiger partial charge in [0.1, 0.15) is 0 Å². The van der Waals surface area contributed by atoms with E-state index in [4.69, 9.17) is 11.6 Å². The average Bonchev–Trinajstić information content (AvgIpc) is 2.80. The summed E-state index contributed by atoms with van der Waals surface area (Å²) in [6.45, 7) is 0.638. The number of carbonyl (C=O) groups is 2. The van der Waals surface area contributed by atoms with Gasteiger partial charge in [0, 0.05) is 32.7 Å². The lowest BCUT2D eigenvalue weighted by Crippen LogP contribution is -2.26. The van der Waals surface area contributed by atoms with Crippen molar-refractivity contribution in [3.05, 3.63) is 28.8 Å². The maximum atomic E-state index is 12.1. The van der Waals surface area contributed by atoms with E-state index in [0.29, 0.717) is 35.0 Å². The van der Waals surface area contributed by atoms with Crippen molar-refractivity contribution < 1.29 is 9.59 Å². The molecule has 0 radical (unpaired) electrons. The molecule has 1 aromatic carbocycles. The van der Waals surface area contributed by atoms with Crippen LogP contribution in [0, 0.1) is 5.92 Å². The van der Waals surface area contributed by atoms with Crippen LogP contribution in [0.5, 0.6) is 0 Å². The molecule has 1 heterocycles. The highest BCUT2D eigenvalue weighted by molar-refractivity contribution is 7.80. The first-order chi connectivity index (χ1) is 9.43. The van der Waals surface area contributed by atoms with Gasteiger partial charge in [0.05, 0.1) is 10.6 Å². The highest BCUT2D eigenvalue weighted by Crippen LogP contribution is 2.29. The molecular weight excluding hydrogens is 296 g/mol. The number of rotatable bonds is 3. The molecule has 1 saturated heterocycles. The molecule has 1 aliphatic rings. The molecule has 2 rings (SSSR count). The second-order valence-electron chi connectivity index (χ2n) is 5.12. The van der Waals surface area contributed by atoms with Crippen molar-refractivity contribution in [3.63, 3.8) is 0 Å². The maximum absolute atomic E-state index is 12.1. The number of hydrogen-bond acceptors (Lipinski definition) is 3. The quantitative estimate of drug-likeness (QED) is 0.870. The van der Waals surface area contributed by atoms with Gasteiger partial charge in [0.2, 0.25) is 5.91 Å². The number of carbonyl (C=O) groups excluding carboxylic acids is 2. The predicted octanol–water partition coefficient (Wildman–Crippen LogP) is 2.32. The first-order valence-electron chi connectivity index (χ1n) is 6.36. The van der Waals surface area contributed by atoms with E-state index >= 15 is 0 Å². The molecule has 108 valence electrons. The lowest BCUT2D eigenvalue weighted by molar-refractivity contribution is -0.117. The SMILES string of the molecule is CN(C)C(=O)c1cc(N2CC(CS)CC2=O)ccc1Cl. The number of nitrogens with zero attached hydrogens (tertiary/aromatic N) is 2. The summed E-state index contributed by atoms with van der Waals surface area (Å²) in [5.74, 6) is 0.831. The zero-order valence-corrected chi connectivity index (χ0v) is 13.1. The van der Waals surface area contributed by atoms with Gasteiger partial charge in [-0.15, -0.1) is 0 Å². The number of anilines is 1. The minimum Gasteiger partial charge on any atom is -0.345 e. The third-order valence-corrected chi connectivity index (χ3v) is 4.21. The van der Waals surface area contributed by atoms with Gasteiger partial charge in [0.15, 0.2) is 0 Å². The second-order valence-corrected chi connectivity index (χ2v) is 5.89. The smallest absolute Gasteiger partial charge is 0.254 e. The van der Waals surface area contributed by atoms with Crippen LogP contribution in [0.25, 0.3) is 0 Å². The van der Waals surface area contributed by atoms with Crippen LogP contribution in [-0.4, -0.2) is 43.1 Å². The summed E-state index contributed by atoms with van der Waals surface area (Å²) in [5, 5.41) is 0.393. The van der Waals surface area contributed by atoms with Crippen molar-refractivity contribution >= 4 is 41.7 Å². The topological polar surface area (TPSA) is 40.6 Å². The van der Waals surface area contributed by atoms with Crippen molar-refractivity contribution in [1.29, 1.82) is 0 Å². The van der Waals surface area contributed by atoms with Gasteiger partial charge in [-0.3, -0.25) is 9.59 Å². The molecular formula is C14H17ClN2O2S. The second kappa shape index (κ2) is 6.06. The van der Waals surface area contributed by atoms with Gasteiger partial charge in [-0.2, -0.15) is 12.6 Å². The van der Waals surface area contributed by atoms with Crippen LogP contribution >= 0.6 is 24.2 Å². The zero-order chi connectivity index (χ0) is 14.9. The Morgan fingerprint density at radius 3 is 2.75 bits per heavy atom. The number of thiol groups is 1. The largest absolute Gasteiger partial charge is 0.345 e. The minimum absolute atomic E-state index is 0.0645. The van der Waals surface area contributed by atoms with Gasteiger partial charge in [-0.25, -0.2) is 0 Å². The zero-order valence-electron chi connectivity index (χ0n) is 11.5. The number of amides is 2. The Labute approximate surface area is 129 Å². The van der Waals surface area contributed by atoms with E-state index < -0.39 is 0 Å². The highest BCUT2D eigenvalue weighted by Gasteiger charge is 2.30. The molecule has 0 saturated carbocycles. The van der Waals surface area contributed by atoms with Gasteiger partial charge < -0.3 is 9.80 Å². The predicted molar refractivity (Wildman–Crippen MR) is 83.8 cm³/mol. The first-order valence-corrected chi connectivity index (χ1v) is 7.37. The fourth-order valence-corrected chi connectivity index (χ4v) is 2.68. The Bertz CT molecular complexity index is 548. The van der Waals surface area contributed by atoms with E-state index in [-0.39, 0.29) is 17.7 Å². The van der Waals surface area contributed by atoms with Gasteiger partial charge >= 0.3 is 0 Å². The summed E-state index contributed by atoms with van der Waals surface area (Å²) in [7, 11) is 3.34. The molecule has 1 unspecified atom stereocenters.